The third-order valence-corrected chi connectivity index (χ3v) is 5.67. The van der Waals surface area contributed by atoms with Crippen LogP contribution in [-0.2, 0) is 11.2 Å². The van der Waals surface area contributed by atoms with Crippen molar-refractivity contribution in [2.75, 3.05) is 13.1 Å². The number of fused-ring (bicyclic) bond motifs is 1. The second kappa shape index (κ2) is 7.36. The molecule has 0 radical (unpaired) electrons. The maximum absolute atomic E-state index is 12.6. The molecular weight excluding hydrogens is 320 g/mol. The Morgan fingerprint density at radius 3 is 2.50 bits per heavy atom. The largest absolute Gasteiger partial charge is 0.358 e. The number of aryl methyl sites for hydroxylation is 2. The summed E-state index contributed by atoms with van der Waals surface area (Å²) in [5.41, 5.74) is 5.20. The van der Waals surface area contributed by atoms with Gasteiger partial charge in [-0.25, -0.2) is 0 Å². The Labute approximate surface area is 155 Å². The smallest absolute Gasteiger partial charge is 0.222 e. The lowest BCUT2D eigenvalue weighted by molar-refractivity contribution is -0.132. The molecule has 1 aliphatic heterocycles. The first-order chi connectivity index (χ1) is 12.7. The fourth-order valence-corrected chi connectivity index (χ4v) is 4.30. The topological polar surface area (TPSA) is 36.1 Å². The molecule has 3 aromatic rings. The summed E-state index contributed by atoms with van der Waals surface area (Å²) >= 11 is 0. The van der Waals surface area contributed by atoms with E-state index < -0.39 is 0 Å². The monoisotopic (exact) mass is 346 g/mol. The summed E-state index contributed by atoms with van der Waals surface area (Å²) in [6, 6.07) is 18.8. The molecule has 0 aliphatic carbocycles. The first kappa shape index (κ1) is 16.9. The standard InChI is InChI=1S/C23H26N2O/c1-17-23(20-9-5-6-10-21(20)24-17)19-13-15-25(16-14-19)22(26)12-11-18-7-3-2-4-8-18/h2-10,19,24H,11-16H2,1H3. The maximum atomic E-state index is 12.6. The molecule has 0 spiro atoms. The Kier molecular flexibility index (Phi) is 4.79. The lowest BCUT2D eigenvalue weighted by Gasteiger charge is -2.32. The van der Waals surface area contributed by atoms with E-state index in [0.717, 1.165) is 32.4 Å². The first-order valence-corrected chi connectivity index (χ1v) is 9.61. The summed E-state index contributed by atoms with van der Waals surface area (Å²) in [6.45, 7) is 3.92. The molecule has 0 atom stereocenters. The van der Waals surface area contributed by atoms with Crippen molar-refractivity contribution in [1.82, 2.24) is 9.88 Å². The van der Waals surface area contributed by atoms with Crippen LogP contribution < -0.4 is 0 Å². The molecule has 0 bridgehead atoms. The molecule has 0 unspecified atom stereocenters. The molecule has 0 saturated carbocycles. The van der Waals surface area contributed by atoms with Gasteiger partial charge in [-0.15, -0.1) is 0 Å². The number of carbonyl (C=O) groups excluding carboxylic acids is 1. The highest BCUT2D eigenvalue weighted by molar-refractivity contribution is 5.85. The molecule has 1 fully saturated rings. The number of nitrogens with one attached hydrogen (secondary N) is 1. The number of aromatic amines is 1. The van der Waals surface area contributed by atoms with Crippen LogP contribution in [0.1, 0.15) is 42.0 Å². The Bertz CT molecular complexity index is 889. The normalized spacial score (nSPS) is 15.5. The van der Waals surface area contributed by atoms with Gasteiger partial charge in [-0.2, -0.15) is 0 Å². The van der Waals surface area contributed by atoms with Crippen LogP contribution in [0.4, 0.5) is 0 Å². The maximum Gasteiger partial charge on any atom is 0.222 e. The van der Waals surface area contributed by atoms with Gasteiger partial charge in [-0.3, -0.25) is 4.79 Å². The van der Waals surface area contributed by atoms with E-state index in [1.165, 1.54) is 27.7 Å². The van der Waals surface area contributed by atoms with Gasteiger partial charge in [0.25, 0.3) is 0 Å². The van der Waals surface area contributed by atoms with E-state index in [4.69, 9.17) is 0 Å². The predicted molar refractivity (Wildman–Crippen MR) is 106 cm³/mol. The van der Waals surface area contributed by atoms with Crippen molar-refractivity contribution in [3.8, 4) is 0 Å². The minimum atomic E-state index is 0.294. The van der Waals surface area contributed by atoms with Crippen molar-refractivity contribution in [2.45, 2.75) is 38.5 Å². The van der Waals surface area contributed by atoms with Crippen LogP contribution in [0.3, 0.4) is 0 Å². The molecule has 1 N–H and O–H groups in total. The van der Waals surface area contributed by atoms with Crippen molar-refractivity contribution < 1.29 is 4.79 Å². The van der Waals surface area contributed by atoms with Crippen LogP contribution in [0.25, 0.3) is 10.9 Å². The van der Waals surface area contributed by atoms with Crippen molar-refractivity contribution in [1.29, 1.82) is 0 Å². The van der Waals surface area contributed by atoms with Gasteiger partial charge >= 0.3 is 0 Å². The predicted octanol–water partition coefficient (Wildman–Crippen LogP) is 4.82. The summed E-state index contributed by atoms with van der Waals surface area (Å²) in [5, 5.41) is 1.35. The van der Waals surface area contributed by atoms with E-state index in [-0.39, 0.29) is 0 Å². The van der Waals surface area contributed by atoms with Crippen LogP contribution >= 0.6 is 0 Å². The molecule has 1 amide bonds. The zero-order valence-electron chi connectivity index (χ0n) is 15.4. The number of hydrogen-bond donors (Lipinski definition) is 1. The summed E-state index contributed by atoms with van der Waals surface area (Å²) in [5.74, 6) is 0.840. The number of hydrogen-bond acceptors (Lipinski definition) is 1. The average Bonchev–Trinajstić information content (AvgIpc) is 3.03. The molecule has 26 heavy (non-hydrogen) atoms. The number of benzene rings is 2. The van der Waals surface area contributed by atoms with Crippen LogP contribution in [0, 0.1) is 6.92 Å². The molecule has 2 heterocycles. The highest BCUT2D eigenvalue weighted by Crippen LogP contribution is 2.35. The number of aromatic nitrogens is 1. The van der Waals surface area contributed by atoms with E-state index in [0.29, 0.717) is 18.2 Å². The number of H-pyrrole nitrogens is 1. The highest BCUT2D eigenvalue weighted by Gasteiger charge is 2.26. The van der Waals surface area contributed by atoms with Crippen molar-refractivity contribution in [2.24, 2.45) is 0 Å². The van der Waals surface area contributed by atoms with Gasteiger partial charge in [0.2, 0.25) is 5.91 Å². The van der Waals surface area contributed by atoms with Crippen molar-refractivity contribution >= 4 is 16.8 Å². The van der Waals surface area contributed by atoms with Gasteiger partial charge < -0.3 is 9.88 Å². The van der Waals surface area contributed by atoms with E-state index in [1.54, 1.807) is 0 Å². The second-order valence-corrected chi connectivity index (χ2v) is 7.35. The number of rotatable bonds is 4. The number of likely N-dealkylation sites (tertiary alicyclic amines) is 1. The van der Waals surface area contributed by atoms with Gasteiger partial charge in [0.05, 0.1) is 0 Å². The van der Waals surface area contributed by atoms with Crippen molar-refractivity contribution in [3.63, 3.8) is 0 Å². The Hall–Kier alpha value is -2.55. The third-order valence-electron chi connectivity index (χ3n) is 5.67. The number of para-hydroxylation sites is 1. The fraction of sp³-hybridized carbons (Fsp3) is 0.348. The first-order valence-electron chi connectivity index (χ1n) is 9.61. The molecule has 1 aromatic heterocycles. The quantitative estimate of drug-likeness (QED) is 0.723. The molecule has 134 valence electrons. The Morgan fingerprint density at radius 1 is 1.04 bits per heavy atom. The van der Waals surface area contributed by atoms with Crippen LogP contribution in [0.5, 0.6) is 0 Å². The molecular formula is C23H26N2O. The lowest BCUT2D eigenvalue weighted by Crippen LogP contribution is -2.38. The van der Waals surface area contributed by atoms with E-state index in [9.17, 15) is 4.79 Å². The van der Waals surface area contributed by atoms with Gasteiger partial charge in [-0.05, 0) is 49.3 Å². The summed E-state index contributed by atoms with van der Waals surface area (Å²) < 4.78 is 0. The lowest BCUT2D eigenvalue weighted by atomic mass is 9.87. The van der Waals surface area contributed by atoms with E-state index in [1.807, 2.05) is 18.2 Å². The van der Waals surface area contributed by atoms with Gasteiger partial charge in [0.15, 0.2) is 0 Å². The van der Waals surface area contributed by atoms with E-state index >= 15 is 0 Å². The summed E-state index contributed by atoms with van der Waals surface area (Å²) in [6.07, 6.45) is 3.56. The van der Waals surface area contributed by atoms with Crippen molar-refractivity contribution in [3.05, 3.63) is 71.4 Å². The molecule has 1 aliphatic rings. The van der Waals surface area contributed by atoms with Crippen LogP contribution in [-0.4, -0.2) is 28.9 Å². The molecule has 3 nitrogen and oxygen atoms in total. The average molecular weight is 346 g/mol. The minimum Gasteiger partial charge on any atom is -0.358 e. The number of piperidine rings is 1. The molecule has 2 aromatic carbocycles. The van der Waals surface area contributed by atoms with Gasteiger partial charge in [0, 0.05) is 36.1 Å². The highest BCUT2D eigenvalue weighted by atomic mass is 16.2. The number of carbonyl (C=O) groups is 1. The second-order valence-electron chi connectivity index (χ2n) is 7.35. The van der Waals surface area contributed by atoms with Gasteiger partial charge in [0.1, 0.15) is 0 Å². The third kappa shape index (κ3) is 3.39. The van der Waals surface area contributed by atoms with E-state index in [2.05, 4.69) is 53.2 Å². The Balaban J connectivity index is 1.38. The Morgan fingerprint density at radius 2 is 1.73 bits per heavy atom. The van der Waals surface area contributed by atoms with Gasteiger partial charge in [-0.1, -0.05) is 48.5 Å². The van der Waals surface area contributed by atoms with Crippen LogP contribution in [0.15, 0.2) is 54.6 Å². The summed E-state index contributed by atoms with van der Waals surface area (Å²) in [4.78, 5) is 18.1. The fourth-order valence-electron chi connectivity index (χ4n) is 4.30. The molecule has 4 rings (SSSR count). The zero-order chi connectivity index (χ0) is 17.9. The summed E-state index contributed by atoms with van der Waals surface area (Å²) in [7, 11) is 0. The zero-order valence-corrected chi connectivity index (χ0v) is 15.4. The SMILES string of the molecule is Cc1[nH]c2ccccc2c1C1CCN(C(=O)CCc2ccccc2)CC1. The minimum absolute atomic E-state index is 0.294. The molecule has 3 heteroatoms. The van der Waals surface area contributed by atoms with Crippen LogP contribution in [0.2, 0.25) is 0 Å². The molecule has 1 saturated heterocycles. The number of nitrogens with zero attached hydrogens (tertiary/aromatic N) is 1. The number of amides is 1.